The topological polar surface area (TPSA) is 81.2 Å². The normalized spacial score (nSPS) is 10.4. The lowest BCUT2D eigenvalue weighted by molar-refractivity contribution is -0.385. The van der Waals surface area contributed by atoms with Crippen LogP contribution in [0.1, 0.15) is 13.8 Å². The van der Waals surface area contributed by atoms with E-state index in [4.69, 9.17) is 5.84 Å². The van der Waals surface area contributed by atoms with Crippen molar-refractivity contribution < 1.29 is 4.92 Å². The summed E-state index contributed by atoms with van der Waals surface area (Å²) in [6.07, 6.45) is 0. The Kier molecular flexibility index (Phi) is 3.93. The first-order chi connectivity index (χ1) is 7.02. The number of hydrogen-bond acceptors (Lipinski definition) is 5. The highest BCUT2D eigenvalue weighted by Crippen LogP contribution is 2.29. The van der Waals surface area contributed by atoms with Gasteiger partial charge in [0.2, 0.25) is 0 Å². The number of nitro benzene ring substituents is 1. The summed E-state index contributed by atoms with van der Waals surface area (Å²) in [6, 6.07) is 4.74. The number of nitro groups is 1. The molecule has 1 rings (SSSR count). The lowest BCUT2D eigenvalue weighted by Gasteiger charge is -2.07. The van der Waals surface area contributed by atoms with Crippen LogP contribution in [-0.2, 0) is 0 Å². The molecule has 15 heavy (non-hydrogen) atoms. The van der Waals surface area contributed by atoms with Crippen LogP contribution in [0.3, 0.4) is 0 Å². The molecule has 0 amide bonds. The van der Waals surface area contributed by atoms with Crippen LogP contribution >= 0.6 is 11.8 Å². The third kappa shape index (κ3) is 3.41. The van der Waals surface area contributed by atoms with E-state index >= 15 is 0 Å². The summed E-state index contributed by atoms with van der Waals surface area (Å²) >= 11 is 1.56. The van der Waals surface area contributed by atoms with Gasteiger partial charge in [-0.15, -0.1) is 11.8 Å². The minimum Gasteiger partial charge on any atom is -0.324 e. The number of hydrazine groups is 1. The van der Waals surface area contributed by atoms with Crippen molar-refractivity contribution in [3.05, 3.63) is 28.3 Å². The second-order valence-corrected chi connectivity index (χ2v) is 4.93. The molecule has 0 aliphatic carbocycles. The monoisotopic (exact) mass is 227 g/mol. The molecule has 6 heteroatoms. The Hall–Kier alpha value is -1.27. The number of anilines is 1. The van der Waals surface area contributed by atoms with Gasteiger partial charge in [0.25, 0.3) is 5.69 Å². The largest absolute Gasteiger partial charge is 0.324 e. The first-order valence-electron chi connectivity index (χ1n) is 4.45. The van der Waals surface area contributed by atoms with E-state index in [1.807, 2.05) is 13.8 Å². The maximum absolute atomic E-state index is 10.6. The quantitative estimate of drug-likeness (QED) is 0.357. The van der Waals surface area contributed by atoms with E-state index in [-0.39, 0.29) is 5.69 Å². The molecule has 0 spiro atoms. The highest BCUT2D eigenvalue weighted by molar-refractivity contribution is 7.99. The van der Waals surface area contributed by atoms with Crippen molar-refractivity contribution in [2.45, 2.75) is 24.0 Å². The molecule has 82 valence electrons. The molecule has 1 aromatic carbocycles. The molecule has 1 aromatic rings. The Labute approximate surface area is 92.2 Å². The smallest absolute Gasteiger partial charge is 0.272 e. The first-order valence-corrected chi connectivity index (χ1v) is 5.33. The summed E-state index contributed by atoms with van der Waals surface area (Å²) in [7, 11) is 0. The summed E-state index contributed by atoms with van der Waals surface area (Å²) in [5, 5.41) is 11.0. The Morgan fingerprint density at radius 3 is 2.60 bits per heavy atom. The standard InChI is InChI=1S/C9H13N3O2S/c1-6(2)15-9-4-7(11-10)3-8(5-9)12(13)14/h3-6,11H,10H2,1-2H3. The molecule has 0 heterocycles. The molecular weight excluding hydrogens is 214 g/mol. The fraction of sp³-hybridized carbons (Fsp3) is 0.333. The van der Waals surface area contributed by atoms with Gasteiger partial charge in [-0.05, 0) is 6.07 Å². The predicted octanol–water partition coefficient (Wildman–Crippen LogP) is 2.38. The zero-order valence-corrected chi connectivity index (χ0v) is 9.38. The molecule has 0 saturated carbocycles. The average Bonchev–Trinajstić information content (AvgIpc) is 2.16. The van der Waals surface area contributed by atoms with E-state index in [0.29, 0.717) is 10.9 Å². The Morgan fingerprint density at radius 2 is 2.13 bits per heavy atom. The SMILES string of the molecule is CC(C)Sc1cc(NN)cc([N+](=O)[O-])c1. The van der Waals surface area contributed by atoms with Gasteiger partial charge in [0, 0.05) is 22.3 Å². The molecule has 0 bridgehead atoms. The maximum atomic E-state index is 10.6. The third-order valence-corrected chi connectivity index (χ3v) is 2.62. The Morgan fingerprint density at radius 1 is 1.47 bits per heavy atom. The van der Waals surface area contributed by atoms with E-state index in [1.165, 1.54) is 6.07 Å². The minimum atomic E-state index is -0.425. The number of non-ortho nitro benzene ring substituents is 1. The fourth-order valence-corrected chi connectivity index (χ4v) is 2.04. The Balaban J connectivity index is 3.05. The van der Waals surface area contributed by atoms with Crippen molar-refractivity contribution in [2.24, 2.45) is 5.84 Å². The van der Waals surface area contributed by atoms with Gasteiger partial charge in [-0.1, -0.05) is 13.8 Å². The van der Waals surface area contributed by atoms with Gasteiger partial charge in [-0.2, -0.15) is 0 Å². The van der Waals surface area contributed by atoms with Crippen LogP contribution in [-0.4, -0.2) is 10.2 Å². The number of nitrogens with one attached hydrogen (secondary N) is 1. The summed E-state index contributed by atoms with van der Waals surface area (Å²) in [4.78, 5) is 11.0. The van der Waals surface area contributed by atoms with Gasteiger partial charge in [-0.25, -0.2) is 0 Å². The fourth-order valence-electron chi connectivity index (χ4n) is 1.11. The molecule has 0 aliphatic rings. The lowest BCUT2D eigenvalue weighted by atomic mass is 10.3. The van der Waals surface area contributed by atoms with Crippen molar-refractivity contribution in [2.75, 3.05) is 5.43 Å². The van der Waals surface area contributed by atoms with E-state index in [1.54, 1.807) is 23.9 Å². The van der Waals surface area contributed by atoms with Crippen molar-refractivity contribution in [3.8, 4) is 0 Å². The second-order valence-electron chi connectivity index (χ2n) is 3.28. The van der Waals surface area contributed by atoms with E-state index in [0.717, 1.165) is 4.90 Å². The van der Waals surface area contributed by atoms with Gasteiger partial charge >= 0.3 is 0 Å². The van der Waals surface area contributed by atoms with Gasteiger partial charge in [0.1, 0.15) is 0 Å². The number of nitrogen functional groups attached to an aromatic ring is 1. The number of hydrogen-bond donors (Lipinski definition) is 2. The van der Waals surface area contributed by atoms with Crippen LogP contribution in [0.4, 0.5) is 11.4 Å². The van der Waals surface area contributed by atoms with Crippen LogP contribution < -0.4 is 11.3 Å². The van der Waals surface area contributed by atoms with Gasteiger partial charge in [0.15, 0.2) is 0 Å². The molecular formula is C9H13N3O2S. The van der Waals surface area contributed by atoms with Crippen LogP contribution in [0.2, 0.25) is 0 Å². The van der Waals surface area contributed by atoms with Crippen LogP contribution in [0, 0.1) is 10.1 Å². The van der Waals surface area contributed by atoms with Crippen molar-refractivity contribution in [1.82, 2.24) is 0 Å². The summed E-state index contributed by atoms with van der Waals surface area (Å²) in [5.41, 5.74) is 3.02. The lowest BCUT2D eigenvalue weighted by Crippen LogP contribution is -2.07. The highest BCUT2D eigenvalue weighted by Gasteiger charge is 2.10. The predicted molar refractivity (Wildman–Crippen MR) is 61.9 cm³/mol. The molecule has 5 nitrogen and oxygen atoms in total. The maximum Gasteiger partial charge on any atom is 0.272 e. The second kappa shape index (κ2) is 4.99. The van der Waals surface area contributed by atoms with Gasteiger partial charge in [-0.3, -0.25) is 16.0 Å². The number of benzene rings is 1. The summed E-state index contributed by atoms with van der Waals surface area (Å²) in [6.45, 7) is 4.05. The molecule has 0 saturated heterocycles. The molecule has 0 radical (unpaired) electrons. The molecule has 0 unspecified atom stereocenters. The van der Waals surface area contributed by atoms with Crippen LogP contribution in [0.15, 0.2) is 23.1 Å². The van der Waals surface area contributed by atoms with E-state index in [9.17, 15) is 10.1 Å². The summed E-state index contributed by atoms with van der Waals surface area (Å²) in [5.74, 6) is 5.24. The first kappa shape index (κ1) is 11.8. The van der Waals surface area contributed by atoms with Crippen LogP contribution in [0.5, 0.6) is 0 Å². The Bertz CT molecular complexity index is 368. The van der Waals surface area contributed by atoms with Crippen LogP contribution in [0.25, 0.3) is 0 Å². The molecule has 0 aromatic heterocycles. The molecule has 0 atom stereocenters. The van der Waals surface area contributed by atoms with Crippen molar-refractivity contribution in [3.63, 3.8) is 0 Å². The van der Waals surface area contributed by atoms with Gasteiger partial charge < -0.3 is 5.43 Å². The molecule has 0 fully saturated rings. The number of rotatable bonds is 4. The average molecular weight is 227 g/mol. The van der Waals surface area contributed by atoms with E-state index in [2.05, 4.69) is 5.43 Å². The minimum absolute atomic E-state index is 0.0496. The van der Waals surface area contributed by atoms with Crippen molar-refractivity contribution >= 4 is 23.1 Å². The zero-order chi connectivity index (χ0) is 11.4. The third-order valence-electron chi connectivity index (χ3n) is 1.64. The zero-order valence-electron chi connectivity index (χ0n) is 8.56. The number of nitrogens with zero attached hydrogens (tertiary/aromatic N) is 1. The molecule has 0 aliphatic heterocycles. The van der Waals surface area contributed by atoms with Gasteiger partial charge in [0.05, 0.1) is 10.6 Å². The summed E-state index contributed by atoms with van der Waals surface area (Å²) < 4.78 is 0. The van der Waals surface area contributed by atoms with Crippen molar-refractivity contribution in [1.29, 1.82) is 0 Å². The number of nitrogens with two attached hydrogens (primary N) is 1. The molecule has 3 N–H and O–H groups in total. The number of thioether (sulfide) groups is 1. The highest BCUT2D eigenvalue weighted by atomic mass is 32.2. The van der Waals surface area contributed by atoms with E-state index < -0.39 is 4.92 Å².